The van der Waals surface area contributed by atoms with E-state index in [0.717, 1.165) is 24.0 Å². The van der Waals surface area contributed by atoms with Gasteiger partial charge in [-0.1, -0.05) is 87.4 Å². The Labute approximate surface area is 420 Å². The average molecular weight is 1020 g/mol. The summed E-state index contributed by atoms with van der Waals surface area (Å²) >= 11 is 0. The third kappa shape index (κ3) is 16.8. The zero-order valence-corrected chi connectivity index (χ0v) is 46.0. The van der Waals surface area contributed by atoms with Crippen LogP contribution in [0.1, 0.15) is 122 Å². The standard InChI is InChI=1S/C51H78N4O11S2Si/c1-16-36-24-34(4)30-54(36)46(56)38-26-42(60-12)44(28-40(38)52-48(58)64-22-23-67-68-33(2)3)62-20-18-17-19-21-63-45-29-41(53-49(59)66-50(6,7)8)39(27-43(45)61-13)47(57)55-31-35(5)25-37(55)32-65-69(14,15)51(9,10)11/h26-29,33,36-37H,4-5,16-25,30-32H2,1-3,6-15H3,(H,52,58)(H,53,59)/t36-,37+/m1/s1. The lowest BCUT2D eigenvalue weighted by Crippen LogP contribution is -2.46. The van der Waals surface area contributed by atoms with Crippen molar-refractivity contribution in [3.8, 4) is 23.0 Å². The van der Waals surface area contributed by atoms with Crippen molar-refractivity contribution in [2.75, 3.05) is 70.1 Å². The molecule has 0 radical (unpaired) electrons. The Balaban J connectivity index is 1.46. The molecule has 2 aromatic carbocycles. The van der Waals surface area contributed by atoms with Crippen LogP contribution in [0, 0.1) is 0 Å². The van der Waals surface area contributed by atoms with E-state index >= 15 is 0 Å². The Bertz CT molecular complexity index is 2140. The minimum atomic E-state index is -2.11. The van der Waals surface area contributed by atoms with Crippen molar-refractivity contribution < 1.29 is 52.0 Å². The Kier molecular flexibility index (Phi) is 21.1. The van der Waals surface area contributed by atoms with Gasteiger partial charge in [0.2, 0.25) is 0 Å². The van der Waals surface area contributed by atoms with E-state index in [4.69, 9.17) is 32.8 Å². The molecule has 2 aromatic rings. The zero-order valence-electron chi connectivity index (χ0n) is 43.3. The van der Waals surface area contributed by atoms with E-state index in [1.807, 2.05) is 6.92 Å². The minimum Gasteiger partial charge on any atom is -0.493 e. The topological polar surface area (TPSA) is 163 Å². The molecule has 0 bridgehead atoms. The van der Waals surface area contributed by atoms with Crippen molar-refractivity contribution in [1.82, 2.24) is 9.80 Å². The number of unbranched alkanes of at least 4 members (excludes halogenated alkanes) is 2. The van der Waals surface area contributed by atoms with Gasteiger partial charge < -0.3 is 42.6 Å². The lowest BCUT2D eigenvalue weighted by atomic mass is 10.1. The highest BCUT2D eigenvalue weighted by Gasteiger charge is 2.40. The number of carbonyl (C=O) groups is 4. The molecule has 384 valence electrons. The molecule has 2 aliphatic heterocycles. The molecule has 2 aliphatic rings. The molecule has 0 spiro atoms. The Morgan fingerprint density at radius 2 is 1.23 bits per heavy atom. The summed E-state index contributed by atoms with van der Waals surface area (Å²) < 4.78 is 41.5. The molecule has 2 atom stereocenters. The summed E-state index contributed by atoms with van der Waals surface area (Å²) in [6.07, 6.45) is 2.68. The third-order valence-corrected chi connectivity index (χ3v) is 19.5. The maximum Gasteiger partial charge on any atom is 0.412 e. The molecule has 2 saturated heterocycles. The number of hydrogen-bond donors (Lipinski definition) is 2. The van der Waals surface area contributed by atoms with E-state index in [1.54, 1.807) is 76.4 Å². The van der Waals surface area contributed by atoms with Gasteiger partial charge in [-0.05, 0) is 89.6 Å². The maximum atomic E-state index is 14.5. The largest absolute Gasteiger partial charge is 0.493 e. The molecule has 4 rings (SSSR count). The van der Waals surface area contributed by atoms with Crippen molar-refractivity contribution >= 4 is 65.3 Å². The van der Waals surface area contributed by atoms with Crippen LogP contribution in [0.25, 0.3) is 0 Å². The summed E-state index contributed by atoms with van der Waals surface area (Å²) in [6, 6.07) is 6.18. The predicted octanol–water partition coefficient (Wildman–Crippen LogP) is 12.0. The smallest absolute Gasteiger partial charge is 0.412 e. The van der Waals surface area contributed by atoms with Crippen molar-refractivity contribution in [2.24, 2.45) is 0 Å². The number of methoxy groups -OCH3 is 2. The minimum absolute atomic E-state index is 0.000352. The summed E-state index contributed by atoms with van der Waals surface area (Å²) in [5.41, 5.74) is 2.08. The number of nitrogens with zero attached hydrogens (tertiary/aromatic N) is 2. The second-order valence-electron chi connectivity index (χ2n) is 20.3. The molecule has 2 heterocycles. The van der Waals surface area contributed by atoms with E-state index in [2.05, 4.69) is 71.5 Å². The first-order chi connectivity index (χ1) is 32.4. The second-order valence-corrected chi connectivity index (χ2v) is 28.1. The van der Waals surface area contributed by atoms with Gasteiger partial charge >= 0.3 is 12.2 Å². The SMILES string of the molecule is C=C1C[C@@H](CC)N(C(=O)c2cc(OC)c(OCCCCCOc3cc(NC(=O)OC(C)(C)C)c(C(=O)N4CC(=C)C[C@H]4CO[Si](C)(C)C(C)(C)C)cc3OC)cc2NC(=O)OCCSSC(C)C)C1. The van der Waals surface area contributed by atoms with Gasteiger partial charge in [0, 0.05) is 42.3 Å². The molecule has 0 aromatic heterocycles. The first-order valence-electron chi connectivity index (χ1n) is 23.9. The van der Waals surface area contributed by atoms with Crippen molar-refractivity contribution in [3.05, 3.63) is 59.7 Å². The van der Waals surface area contributed by atoms with Crippen LogP contribution >= 0.6 is 21.6 Å². The van der Waals surface area contributed by atoms with Crippen molar-refractivity contribution in [2.45, 2.75) is 142 Å². The highest BCUT2D eigenvalue weighted by Crippen LogP contribution is 2.40. The number of nitrogens with one attached hydrogen (secondary N) is 2. The molecular weight excluding hydrogens is 937 g/mol. The van der Waals surface area contributed by atoms with E-state index < -0.39 is 26.1 Å². The molecule has 0 aliphatic carbocycles. The normalized spacial score (nSPS) is 16.4. The fourth-order valence-electron chi connectivity index (χ4n) is 7.46. The number of amides is 4. The molecule has 69 heavy (non-hydrogen) atoms. The predicted molar refractivity (Wildman–Crippen MR) is 281 cm³/mol. The average Bonchev–Trinajstić information content (AvgIpc) is 3.84. The number of carbonyl (C=O) groups excluding carboxylic acids is 4. The number of likely N-dealkylation sites (tertiary alicyclic amines) is 2. The van der Waals surface area contributed by atoms with Gasteiger partial charge in [-0.15, -0.1) is 0 Å². The summed E-state index contributed by atoms with van der Waals surface area (Å²) in [5, 5.41) is 6.03. The van der Waals surface area contributed by atoms with Gasteiger partial charge in [0.1, 0.15) is 12.2 Å². The molecule has 0 unspecified atom stereocenters. The third-order valence-electron chi connectivity index (χ3n) is 12.1. The van der Waals surface area contributed by atoms with Crippen molar-refractivity contribution in [1.29, 1.82) is 0 Å². The van der Waals surface area contributed by atoms with Crippen LogP contribution in [0.4, 0.5) is 21.0 Å². The lowest BCUT2D eigenvalue weighted by Gasteiger charge is -2.38. The fraction of sp³-hybridized carbons (Fsp3) is 0.608. The van der Waals surface area contributed by atoms with Crippen LogP contribution in [0.2, 0.25) is 18.1 Å². The fourth-order valence-corrected chi connectivity index (χ4v) is 10.3. The zero-order chi connectivity index (χ0) is 51.3. The molecular formula is C51H78N4O11S2Si. The van der Waals surface area contributed by atoms with Crippen LogP contribution in [0.3, 0.4) is 0 Å². The number of rotatable bonds is 23. The van der Waals surface area contributed by atoms with Crippen LogP contribution in [-0.2, 0) is 13.9 Å². The summed E-state index contributed by atoms with van der Waals surface area (Å²) in [4.78, 5) is 58.2. The quantitative estimate of drug-likeness (QED) is 0.0468. The molecule has 18 heteroatoms. The van der Waals surface area contributed by atoms with E-state index in [1.165, 1.54) is 14.2 Å². The number of benzene rings is 2. The molecule has 2 fully saturated rings. The second kappa shape index (κ2) is 25.5. The summed E-state index contributed by atoms with van der Waals surface area (Å²) in [7, 11) is 4.24. The molecule has 2 N–H and O–H groups in total. The van der Waals surface area contributed by atoms with Gasteiger partial charge in [0.15, 0.2) is 31.3 Å². The molecule has 4 amide bonds. The van der Waals surface area contributed by atoms with E-state index in [0.29, 0.717) is 92.6 Å². The van der Waals surface area contributed by atoms with E-state index in [9.17, 15) is 19.2 Å². The number of anilines is 2. The van der Waals surface area contributed by atoms with Crippen molar-refractivity contribution in [3.63, 3.8) is 0 Å². The van der Waals surface area contributed by atoms with Gasteiger partial charge in [-0.3, -0.25) is 20.2 Å². The Hall–Kier alpha value is -4.52. The van der Waals surface area contributed by atoms with Crippen LogP contribution in [-0.4, -0.2) is 125 Å². The van der Waals surface area contributed by atoms with Gasteiger partial charge in [0.05, 0.1) is 62.6 Å². The summed E-state index contributed by atoms with van der Waals surface area (Å²) in [6.45, 7) is 32.8. The lowest BCUT2D eigenvalue weighted by molar-refractivity contribution is 0.0634. The number of hydrogen-bond acceptors (Lipinski definition) is 13. The van der Waals surface area contributed by atoms with Crippen LogP contribution in [0.5, 0.6) is 23.0 Å². The Morgan fingerprint density at radius 1 is 0.739 bits per heavy atom. The van der Waals surface area contributed by atoms with Gasteiger partial charge in [-0.25, -0.2) is 9.59 Å². The first-order valence-corrected chi connectivity index (χ1v) is 29.2. The molecule has 15 nitrogen and oxygen atoms in total. The highest BCUT2D eigenvalue weighted by atomic mass is 33.1. The van der Waals surface area contributed by atoms with Gasteiger partial charge in [0.25, 0.3) is 11.8 Å². The van der Waals surface area contributed by atoms with Crippen LogP contribution in [0.15, 0.2) is 48.6 Å². The molecule has 0 saturated carbocycles. The number of ether oxygens (including phenoxy) is 6. The monoisotopic (exact) mass is 1010 g/mol. The first kappa shape index (κ1) is 57.1. The summed E-state index contributed by atoms with van der Waals surface area (Å²) in [5.74, 6) is 1.45. The van der Waals surface area contributed by atoms with Gasteiger partial charge in [-0.2, -0.15) is 0 Å². The highest BCUT2D eigenvalue weighted by molar-refractivity contribution is 8.76. The van der Waals surface area contributed by atoms with E-state index in [-0.39, 0.29) is 58.0 Å². The van der Waals surface area contributed by atoms with Crippen LogP contribution < -0.4 is 29.6 Å². The maximum absolute atomic E-state index is 14.5. The Morgan fingerprint density at radius 3 is 1.70 bits per heavy atom.